The van der Waals surface area contributed by atoms with Gasteiger partial charge < -0.3 is 19.7 Å². The molecule has 2 unspecified atom stereocenters. The number of nitro groups is 1. The smallest absolute Gasteiger partial charge is 0.343 e. The van der Waals surface area contributed by atoms with E-state index in [1.54, 1.807) is 31.0 Å². The Bertz CT molecular complexity index is 1660. The summed E-state index contributed by atoms with van der Waals surface area (Å²) >= 11 is 0. The predicted molar refractivity (Wildman–Crippen MR) is 200 cm³/mol. The highest BCUT2D eigenvalue weighted by molar-refractivity contribution is 7.62. The minimum atomic E-state index is -3.07. The molecule has 0 heterocycles. The van der Waals surface area contributed by atoms with Gasteiger partial charge in [-0.1, -0.05) is 66.7 Å². The lowest BCUT2D eigenvalue weighted by Gasteiger charge is -2.41. The first-order chi connectivity index (χ1) is 24.2. The second kappa shape index (κ2) is 18.7. The summed E-state index contributed by atoms with van der Waals surface area (Å²) < 4.78 is 12.4. The zero-order valence-corrected chi connectivity index (χ0v) is 30.9. The molecule has 0 saturated carbocycles. The van der Waals surface area contributed by atoms with Crippen LogP contribution in [0.4, 0.5) is 5.69 Å². The van der Waals surface area contributed by atoms with Gasteiger partial charge in [0.2, 0.25) is 0 Å². The van der Waals surface area contributed by atoms with E-state index >= 15 is 0 Å². The fourth-order valence-corrected chi connectivity index (χ4v) is 8.70. The Hall–Kier alpha value is -4.40. The number of aliphatic hydroxyl groups is 2. The van der Waals surface area contributed by atoms with Crippen LogP contribution in [0, 0.1) is 21.4 Å². The number of hydrogen-bond acceptors (Lipinski definition) is 10. The van der Waals surface area contributed by atoms with Crippen LogP contribution >= 0.6 is 7.87 Å². The van der Waals surface area contributed by atoms with Crippen LogP contribution in [0.3, 0.4) is 0 Å². The van der Waals surface area contributed by atoms with Gasteiger partial charge in [0.1, 0.15) is 17.7 Å². The van der Waals surface area contributed by atoms with E-state index in [0.717, 1.165) is 16.7 Å². The predicted octanol–water partition coefficient (Wildman–Crippen LogP) is 7.20. The molecule has 0 radical (unpaired) electrons. The quantitative estimate of drug-likeness (QED) is 0.0427. The molecule has 0 spiro atoms. The fraction of sp³-hybridized carbons (Fsp3) is 0.359. The van der Waals surface area contributed by atoms with E-state index in [2.05, 4.69) is 0 Å². The first kappa shape index (κ1) is 41.0. The number of methoxy groups -OCH3 is 2. The van der Waals surface area contributed by atoms with E-state index in [0.29, 0.717) is 11.5 Å². The van der Waals surface area contributed by atoms with Crippen LogP contribution in [0.15, 0.2) is 103 Å². The first-order valence-corrected chi connectivity index (χ1v) is 18.5. The molecule has 0 aliphatic heterocycles. The second-order valence-electron chi connectivity index (χ2n) is 12.6. The third-order valence-electron chi connectivity index (χ3n) is 8.71. The summed E-state index contributed by atoms with van der Waals surface area (Å²) in [7, 11) is 0.0978. The molecule has 0 fully saturated rings. The Labute approximate surface area is 301 Å². The summed E-state index contributed by atoms with van der Waals surface area (Å²) in [5.41, 5.74) is 1.18. The molecular formula is C39H49N3O8P+. The lowest BCUT2D eigenvalue weighted by molar-refractivity contribution is -0.386. The molecule has 0 amide bonds. The van der Waals surface area contributed by atoms with Crippen molar-refractivity contribution in [2.24, 2.45) is 0 Å². The van der Waals surface area contributed by atoms with Crippen LogP contribution in [0.2, 0.25) is 0 Å². The minimum absolute atomic E-state index is 0.0806. The average Bonchev–Trinajstić information content (AvgIpc) is 3.11. The average molecular weight is 719 g/mol. The standard InChI is InChI=1S/C30H29NO6.C9H20N2O2P/c1-36-24-16-12-22(13-17-24)30(21-8-4-3-5-9-21,23-14-18-25(37-2)19-15-23)29(33)20-28(32)26-10-6-7-11-27(26)31(34)35;1-8(2)11(9(3)4)14(12,13)7-5-6-10/h3-19,28-29,32-33H,20H2,1-2H3;8-9,12-13H,5,7H2,1-4H3/q;+1. The molecule has 51 heavy (non-hydrogen) atoms. The fourth-order valence-electron chi connectivity index (χ4n) is 6.59. The van der Waals surface area contributed by atoms with Crippen molar-refractivity contribution in [3.63, 3.8) is 0 Å². The normalized spacial score (nSPS) is 12.9. The van der Waals surface area contributed by atoms with Gasteiger partial charge in [0.15, 0.2) is 0 Å². The monoisotopic (exact) mass is 718 g/mol. The Balaban J connectivity index is 0.000000425. The molecule has 0 aliphatic carbocycles. The maximum Gasteiger partial charge on any atom is 0.343 e. The lowest BCUT2D eigenvalue weighted by Crippen LogP contribution is -2.43. The summed E-state index contributed by atoms with van der Waals surface area (Å²) in [5, 5.41) is 43.2. The molecule has 11 nitrogen and oxygen atoms in total. The molecule has 4 rings (SSSR count). The molecule has 0 bridgehead atoms. The molecule has 2 atom stereocenters. The van der Waals surface area contributed by atoms with E-state index in [9.17, 15) is 30.1 Å². The van der Waals surface area contributed by atoms with Gasteiger partial charge in [-0.15, -0.1) is 4.67 Å². The van der Waals surface area contributed by atoms with Gasteiger partial charge >= 0.3 is 7.87 Å². The summed E-state index contributed by atoms with van der Waals surface area (Å²) in [6.07, 6.45) is -2.25. The van der Waals surface area contributed by atoms with Crippen molar-refractivity contribution >= 4 is 13.6 Å². The van der Waals surface area contributed by atoms with E-state index in [1.807, 2.05) is 113 Å². The van der Waals surface area contributed by atoms with Crippen LogP contribution in [0.25, 0.3) is 0 Å². The van der Waals surface area contributed by atoms with Crippen LogP contribution in [0.5, 0.6) is 11.5 Å². The molecule has 0 aliphatic rings. The van der Waals surface area contributed by atoms with Crippen molar-refractivity contribution in [2.75, 3.05) is 20.4 Å². The van der Waals surface area contributed by atoms with Gasteiger partial charge in [-0.25, -0.2) is 9.79 Å². The van der Waals surface area contributed by atoms with E-state index < -0.39 is 30.4 Å². The van der Waals surface area contributed by atoms with Crippen molar-refractivity contribution in [3.05, 3.63) is 135 Å². The highest BCUT2D eigenvalue weighted by atomic mass is 31.2. The van der Waals surface area contributed by atoms with Gasteiger partial charge in [-0.3, -0.25) is 10.1 Å². The maximum atomic E-state index is 12.0. The number of ether oxygens (including phenoxy) is 2. The summed E-state index contributed by atoms with van der Waals surface area (Å²) in [6, 6.07) is 32.5. The number of hydrogen-bond donors (Lipinski definition) is 4. The molecule has 4 N–H and O–H groups in total. The molecule has 272 valence electrons. The number of nitrogens with zero attached hydrogens (tertiary/aromatic N) is 3. The number of benzene rings is 4. The van der Waals surface area contributed by atoms with Crippen LogP contribution in [-0.2, 0) is 5.41 Å². The summed E-state index contributed by atoms with van der Waals surface area (Å²) in [4.78, 5) is 30.9. The number of para-hydroxylation sites is 1. The van der Waals surface area contributed by atoms with Crippen LogP contribution in [0.1, 0.15) is 68.9 Å². The van der Waals surface area contributed by atoms with E-state index in [-0.39, 0.29) is 42.3 Å². The van der Waals surface area contributed by atoms with Gasteiger partial charge in [0.05, 0.1) is 54.8 Å². The summed E-state index contributed by atoms with van der Waals surface area (Å²) in [5.74, 6) is 1.32. The third-order valence-corrected chi connectivity index (χ3v) is 11.2. The molecule has 12 heteroatoms. The summed E-state index contributed by atoms with van der Waals surface area (Å²) in [6.45, 7) is 7.70. The van der Waals surface area contributed by atoms with Crippen LogP contribution < -0.4 is 9.47 Å². The lowest BCUT2D eigenvalue weighted by atomic mass is 9.64. The van der Waals surface area contributed by atoms with Crippen molar-refractivity contribution in [2.45, 2.75) is 70.2 Å². The number of nitro benzene ring substituents is 1. The van der Waals surface area contributed by atoms with Crippen molar-refractivity contribution < 1.29 is 34.4 Å². The SMILES string of the molecule is CC(C)N(C(C)C)[P+](O)(O)CCC#N.COc1ccc(C(c2ccccc2)(c2ccc(OC)cc2)C(O)CC(O)c2ccccc2[N+](=O)[O-])cc1. The first-order valence-electron chi connectivity index (χ1n) is 16.7. The Morgan fingerprint density at radius 2 is 1.24 bits per heavy atom. The van der Waals surface area contributed by atoms with Gasteiger partial charge in [-0.2, -0.15) is 5.26 Å². The third kappa shape index (κ3) is 9.89. The van der Waals surface area contributed by atoms with Crippen molar-refractivity contribution in [3.8, 4) is 17.6 Å². The highest BCUT2D eigenvalue weighted by Crippen LogP contribution is 2.56. The number of nitriles is 1. The van der Waals surface area contributed by atoms with Gasteiger partial charge in [0, 0.05) is 24.6 Å². The molecule has 0 aromatic heterocycles. The number of rotatable bonds is 15. The van der Waals surface area contributed by atoms with Gasteiger partial charge in [-0.05, 0) is 74.7 Å². The molecular weight excluding hydrogens is 669 g/mol. The number of aliphatic hydroxyl groups excluding tert-OH is 2. The van der Waals surface area contributed by atoms with Crippen molar-refractivity contribution in [1.82, 2.24) is 4.67 Å². The zero-order chi connectivity index (χ0) is 37.8. The van der Waals surface area contributed by atoms with Crippen LogP contribution in [-0.4, -0.2) is 68.2 Å². The Kier molecular flexibility index (Phi) is 15.1. The molecule has 4 aromatic carbocycles. The van der Waals surface area contributed by atoms with Gasteiger partial charge in [0.25, 0.3) is 5.69 Å². The largest absolute Gasteiger partial charge is 0.497 e. The molecule has 0 saturated heterocycles. The molecule has 4 aromatic rings. The maximum absolute atomic E-state index is 12.0. The topological polar surface area (TPSA) is 170 Å². The van der Waals surface area contributed by atoms with E-state index in [1.165, 1.54) is 12.1 Å². The zero-order valence-electron chi connectivity index (χ0n) is 30.0. The highest BCUT2D eigenvalue weighted by Gasteiger charge is 2.45. The van der Waals surface area contributed by atoms with E-state index in [4.69, 9.17) is 14.7 Å². The van der Waals surface area contributed by atoms with Crippen molar-refractivity contribution in [1.29, 1.82) is 5.26 Å². The minimum Gasteiger partial charge on any atom is -0.497 e. The second-order valence-corrected chi connectivity index (χ2v) is 14.9. The Morgan fingerprint density at radius 3 is 1.67 bits per heavy atom. The Morgan fingerprint density at radius 1 is 0.784 bits per heavy atom.